The lowest BCUT2D eigenvalue weighted by Crippen LogP contribution is -1.98. The zero-order chi connectivity index (χ0) is 11.8. The van der Waals surface area contributed by atoms with Gasteiger partial charge in [-0.25, -0.2) is 4.39 Å². The van der Waals surface area contributed by atoms with Gasteiger partial charge in [-0.05, 0) is 30.2 Å². The van der Waals surface area contributed by atoms with Gasteiger partial charge in [0.05, 0.1) is 6.61 Å². The van der Waals surface area contributed by atoms with E-state index in [2.05, 4.69) is 25.1 Å². The Balaban J connectivity index is 2.24. The van der Waals surface area contributed by atoms with E-state index in [0.29, 0.717) is 12.4 Å². The van der Waals surface area contributed by atoms with Gasteiger partial charge in [-0.2, -0.15) is 0 Å². The Kier molecular flexibility index (Phi) is 2.36. The first-order valence-electron chi connectivity index (χ1n) is 5.76. The van der Waals surface area contributed by atoms with Crippen LogP contribution in [-0.4, -0.2) is 6.61 Å². The van der Waals surface area contributed by atoms with Crippen molar-refractivity contribution in [3.8, 4) is 16.9 Å². The number of hydrogen-bond acceptors (Lipinski definition) is 1. The third kappa shape index (κ3) is 1.80. The average molecular weight is 228 g/mol. The minimum absolute atomic E-state index is 0.251. The highest BCUT2D eigenvalue weighted by Crippen LogP contribution is 2.35. The molecule has 0 atom stereocenters. The summed E-state index contributed by atoms with van der Waals surface area (Å²) in [4.78, 5) is 0. The molecular formula is C15H13FO. The number of ether oxygens (including phenoxy) is 1. The smallest absolute Gasteiger partial charge is 0.130 e. The van der Waals surface area contributed by atoms with Crippen molar-refractivity contribution >= 4 is 0 Å². The van der Waals surface area contributed by atoms with Gasteiger partial charge < -0.3 is 4.74 Å². The van der Waals surface area contributed by atoms with Crippen LogP contribution in [0.25, 0.3) is 11.1 Å². The first kappa shape index (κ1) is 10.3. The van der Waals surface area contributed by atoms with Crippen molar-refractivity contribution in [3.05, 3.63) is 53.3 Å². The molecule has 0 amide bonds. The molecule has 0 fully saturated rings. The Morgan fingerprint density at radius 1 is 1.06 bits per heavy atom. The Morgan fingerprint density at radius 3 is 2.76 bits per heavy atom. The minimum atomic E-state index is -0.251. The second-order valence-electron chi connectivity index (χ2n) is 4.40. The molecule has 2 heteroatoms. The standard InChI is InChI=1S/C15H13FO/c1-10-2-4-13-11(8-10)6-7-17-15-9-12(16)3-5-14(13)15/h2-5,8-9H,6-7H2,1H3. The van der Waals surface area contributed by atoms with Crippen LogP contribution >= 0.6 is 0 Å². The lowest BCUT2D eigenvalue weighted by molar-refractivity contribution is 0.325. The van der Waals surface area contributed by atoms with Gasteiger partial charge in [-0.15, -0.1) is 0 Å². The van der Waals surface area contributed by atoms with Crippen molar-refractivity contribution < 1.29 is 9.13 Å². The van der Waals surface area contributed by atoms with Crippen LogP contribution in [0.2, 0.25) is 0 Å². The Hall–Kier alpha value is -1.83. The maximum atomic E-state index is 13.2. The normalized spacial score (nSPS) is 13.3. The van der Waals surface area contributed by atoms with Crippen molar-refractivity contribution in [1.29, 1.82) is 0 Å². The SMILES string of the molecule is Cc1ccc2c(c1)CCOc1cc(F)ccc1-2. The molecule has 0 aromatic heterocycles. The second kappa shape index (κ2) is 3.88. The quantitative estimate of drug-likeness (QED) is 0.667. The monoisotopic (exact) mass is 228 g/mol. The van der Waals surface area contributed by atoms with Gasteiger partial charge in [0, 0.05) is 18.1 Å². The van der Waals surface area contributed by atoms with E-state index in [-0.39, 0.29) is 5.82 Å². The van der Waals surface area contributed by atoms with Crippen molar-refractivity contribution in [2.75, 3.05) is 6.61 Å². The summed E-state index contributed by atoms with van der Waals surface area (Å²) in [6, 6.07) is 11.1. The van der Waals surface area contributed by atoms with Gasteiger partial charge in [0.15, 0.2) is 0 Å². The summed E-state index contributed by atoms with van der Waals surface area (Å²) in [7, 11) is 0. The zero-order valence-corrected chi connectivity index (χ0v) is 9.66. The van der Waals surface area contributed by atoms with Crippen molar-refractivity contribution in [1.82, 2.24) is 0 Å². The van der Waals surface area contributed by atoms with Crippen LogP contribution in [0.3, 0.4) is 0 Å². The van der Waals surface area contributed by atoms with Crippen LogP contribution in [0.5, 0.6) is 5.75 Å². The first-order valence-corrected chi connectivity index (χ1v) is 5.76. The molecule has 0 saturated carbocycles. The molecule has 1 heterocycles. The van der Waals surface area contributed by atoms with E-state index < -0.39 is 0 Å². The molecule has 0 bridgehead atoms. The molecule has 1 aliphatic heterocycles. The van der Waals surface area contributed by atoms with Gasteiger partial charge in [0.1, 0.15) is 11.6 Å². The second-order valence-corrected chi connectivity index (χ2v) is 4.40. The van der Waals surface area contributed by atoms with Gasteiger partial charge in [-0.3, -0.25) is 0 Å². The number of halogens is 1. The Morgan fingerprint density at radius 2 is 1.88 bits per heavy atom. The average Bonchev–Trinajstić information content (AvgIpc) is 2.47. The Bertz CT molecular complexity index is 524. The van der Waals surface area contributed by atoms with E-state index in [9.17, 15) is 4.39 Å². The molecule has 2 aromatic rings. The molecule has 17 heavy (non-hydrogen) atoms. The molecule has 3 rings (SSSR count). The summed E-state index contributed by atoms with van der Waals surface area (Å²) in [5.74, 6) is 0.395. The topological polar surface area (TPSA) is 9.23 Å². The van der Waals surface area contributed by atoms with Crippen LogP contribution in [0.15, 0.2) is 36.4 Å². The predicted molar refractivity (Wildman–Crippen MR) is 65.8 cm³/mol. The van der Waals surface area contributed by atoms with Crippen LogP contribution in [0.4, 0.5) is 4.39 Å². The summed E-state index contributed by atoms with van der Waals surface area (Å²) in [5, 5.41) is 0. The molecule has 1 nitrogen and oxygen atoms in total. The molecule has 86 valence electrons. The van der Waals surface area contributed by atoms with Gasteiger partial charge >= 0.3 is 0 Å². The summed E-state index contributed by atoms with van der Waals surface area (Å²) in [6.07, 6.45) is 0.868. The van der Waals surface area contributed by atoms with E-state index in [4.69, 9.17) is 4.74 Å². The number of rotatable bonds is 0. The van der Waals surface area contributed by atoms with E-state index in [0.717, 1.165) is 17.5 Å². The number of fused-ring (bicyclic) bond motifs is 3. The molecular weight excluding hydrogens is 215 g/mol. The zero-order valence-electron chi connectivity index (χ0n) is 9.66. The van der Waals surface area contributed by atoms with Gasteiger partial charge in [0.25, 0.3) is 0 Å². The maximum Gasteiger partial charge on any atom is 0.130 e. The minimum Gasteiger partial charge on any atom is -0.492 e. The molecule has 0 unspecified atom stereocenters. The number of benzene rings is 2. The van der Waals surface area contributed by atoms with Crippen LogP contribution < -0.4 is 4.74 Å². The van der Waals surface area contributed by atoms with Crippen molar-refractivity contribution in [2.24, 2.45) is 0 Å². The van der Waals surface area contributed by atoms with E-state index in [1.807, 2.05) is 0 Å². The van der Waals surface area contributed by atoms with Gasteiger partial charge in [0.2, 0.25) is 0 Å². The highest BCUT2D eigenvalue weighted by atomic mass is 19.1. The molecule has 0 spiro atoms. The molecule has 0 N–H and O–H groups in total. The van der Waals surface area contributed by atoms with E-state index in [1.54, 1.807) is 6.07 Å². The van der Waals surface area contributed by atoms with Crippen molar-refractivity contribution in [2.45, 2.75) is 13.3 Å². The van der Waals surface area contributed by atoms with Gasteiger partial charge in [-0.1, -0.05) is 23.8 Å². The molecule has 0 saturated heterocycles. The molecule has 0 aliphatic carbocycles. The largest absolute Gasteiger partial charge is 0.492 e. The first-order chi connectivity index (χ1) is 8.24. The Labute approximate surface area is 99.9 Å². The fourth-order valence-electron chi connectivity index (χ4n) is 2.30. The summed E-state index contributed by atoms with van der Waals surface area (Å²) >= 11 is 0. The summed E-state index contributed by atoms with van der Waals surface area (Å²) in [5.41, 5.74) is 4.66. The highest BCUT2D eigenvalue weighted by Gasteiger charge is 2.15. The highest BCUT2D eigenvalue weighted by molar-refractivity contribution is 5.74. The fourth-order valence-corrected chi connectivity index (χ4v) is 2.30. The molecule has 2 aromatic carbocycles. The maximum absolute atomic E-state index is 13.2. The molecule has 1 aliphatic rings. The fraction of sp³-hybridized carbons (Fsp3) is 0.200. The number of hydrogen-bond donors (Lipinski definition) is 0. The number of aryl methyl sites for hydroxylation is 1. The molecule has 0 radical (unpaired) electrons. The lowest BCUT2D eigenvalue weighted by Gasteiger charge is -2.08. The van der Waals surface area contributed by atoms with Crippen LogP contribution in [0.1, 0.15) is 11.1 Å². The lowest BCUT2D eigenvalue weighted by atomic mass is 9.96. The predicted octanol–water partition coefficient (Wildman–Crippen LogP) is 3.74. The van der Waals surface area contributed by atoms with Crippen LogP contribution in [0, 0.1) is 12.7 Å². The van der Waals surface area contributed by atoms with E-state index in [1.165, 1.54) is 23.3 Å². The third-order valence-corrected chi connectivity index (χ3v) is 3.12. The van der Waals surface area contributed by atoms with Crippen LogP contribution in [-0.2, 0) is 6.42 Å². The third-order valence-electron chi connectivity index (χ3n) is 3.12. The van der Waals surface area contributed by atoms with E-state index >= 15 is 0 Å². The van der Waals surface area contributed by atoms with Crippen molar-refractivity contribution in [3.63, 3.8) is 0 Å². The summed E-state index contributed by atoms with van der Waals surface area (Å²) in [6.45, 7) is 2.69. The summed E-state index contributed by atoms with van der Waals surface area (Å²) < 4.78 is 18.8.